The molecule has 0 radical (unpaired) electrons. The van der Waals surface area contributed by atoms with Gasteiger partial charge in [0.2, 0.25) is 0 Å². The zero-order valence-corrected chi connectivity index (χ0v) is 6.04. The fraction of sp³-hybridized carbons (Fsp3) is 0.143. The van der Waals surface area contributed by atoms with Crippen molar-refractivity contribution in [2.45, 2.75) is 0 Å². The molecule has 0 aromatic carbocycles. The summed E-state index contributed by atoms with van der Waals surface area (Å²) in [5.74, 6) is 0.0358. The standard InChI is InChI=1S/C7H5N3O2/c11-10(12)6-2-1-5-4-8-9-7(5)3-6/h1-5H/t5-/m1/s1. The van der Waals surface area contributed by atoms with Crippen LogP contribution in [0.25, 0.3) is 0 Å². The largest absolute Gasteiger partial charge is 0.271 e. The van der Waals surface area contributed by atoms with Crippen LogP contribution in [0, 0.1) is 16.0 Å². The van der Waals surface area contributed by atoms with E-state index in [1.165, 1.54) is 12.2 Å². The lowest BCUT2D eigenvalue weighted by atomic mass is 9.99. The maximum atomic E-state index is 10.3. The highest BCUT2D eigenvalue weighted by atomic mass is 16.6. The first-order chi connectivity index (χ1) is 5.77. The van der Waals surface area contributed by atoms with Gasteiger partial charge in [0.25, 0.3) is 5.70 Å². The molecule has 0 aromatic heterocycles. The Hall–Kier alpha value is -1.78. The van der Waals surface area contributed by atoms with Crippen LogP contribution < -0.4 is 0 Å². The van der Waals surface area contributed by atoms with Crippen LogP contribution in [-0.2, 0) is 0 Å². The maximum absolute atomic E-state index is 10.3. The predicted octanol–water partition coefficient (Wildman–Crippen LogP) is 0.773. The summed E-state index contributed by atoms with van der Waals surface area (Å²) >= 11 is 0. The average molecular weight is 163 g/mol. The summed E-state index contributed by atoms with van der Waals surface area (Å²) in [5.41, 5.74) is 0.708. The van der Waals surface area contributed by atoms with Crippen molar-refractivity contribution in [2.24, 2.45) is 16.1 Å². The molecule has 2 aliphatic rings. The molecule has 1 atom stereocenters. The van der Waals surface area contributed by atoms with Gasteiger partial charge in [-0.2, -0.15) is 10.2 Å². The first kappa shape index (κ1) is 6.90. The van der Waals surface area contributed by atoms with Crippen molar-refractivity contribution in [1.82, 2.24) is 0 Å². The average Bonchev–Trinajstić information content (AvgIpc) is 2.49. The van der Waals surface area contributed by atoms with E-state index < -0.39 is 4.92 Å². The highest BCUT2D eigenvalue weighted by Gasteiger charge is 2.22. The second-order valence-electron chi connectivity index (χ2n) is 2.50. The Morgan fingerprint density at radius 1 is 1.58 bits per heavy atom. The van der Waals surface area contributed by atoms with Gasteiger partial charge in [0.1, 0.15) is 0 Å². The van der Waals surface area contributed by atoms with Crippen LogP contribution in [-0.4, -0.2) is 16.8 Å². The molecule has 0 N–H and O–H groups in total. The zero-order valence-electron chi connectivity index (χ0n) is 6.04. The summed E-state index contributed by atoms with van der Waals surface area (Å²) in [6, 6.07) is 0. The van der Waals surface area contributed by atoms with E-state index in [4.69, 9.17) is 0 Å². The van der Waals surface area contributed by atoms with E-state index in [-0.39, 0.29) is 11.6 Å². The summed E-state index contributed by atoms with van der Waals surface area (Å²) in [6.45, 7) is 0. The molecule has 2 rings (SSSR count). The Morgan fingerprint density at radius 2 is 2.42 bits per heavy atom. The van der Waals surface area contributed by atoms with Gasteiger partial charge in [0.15, 0.2) is 0 Å². The molecular weight excluding hydrogens is 158 g/mol. The van der Waals surface area contributed by atoms with E-state index in [1.54, 1.807) is 12.3 Å². The number of nitrogens with zero attached hydrogens (tertiary/aromatic N) is 3. The van der Waals surface area contributed by atoms with Gasteiger partial charge in [0, 0.05) is 18.4 Å². The highest BCUT2D eigenvalue weighted by molar-refractivity contribution is 6.10. The van der Waals surface area contributed by atoms with E-state index in [0.717, 1.165) is 0 Å². The van der Waals surface area contributed by atoms with E-state index in [1.807, 2.05) is 0 Å². The molecule has 5 heteroatoms. The molecule has 1 aliphatic carbocycles. The smallest absolute Gasteiger partial charge is 0.258 e. The van der Waals surface area contributed by atoms with Gasteiger partial charge in [-0.3, -0.25) is 10.1 Å². The Bertz CT molecular complexity index is 352. The molecule has 12 heavy (non-hydrogen) atoms. The topological polar surface area (TPSA) is 67.9 Å². The van der Waals surface area contributed by atoms with Crippen molar-refractivity contribution in [3.8, 4) is 0 Å². The van der Waals surface area contributed by atoms with Crippen molar-refractivity contribution in [3.63, 3.8) is 0 Å². The Labute approximate surface area is 68.0 Å². The normalized spacial score (nSPS) is 24.8. The van der Waals surface area contributed by atoms with Gasteiger partial charge in [-0.1, -0.05) is 6.08 Å². The van der Waals surface area contributed by atoms with E-state index in [9.17, 15) is 10.1 Å². The van der Waals surface area contributed by atoms with E-state index in [2.05, 4.69) is 10.2 Å². The lowest BCUT2D eigenvalue weighted by Gasteiger charge is -2.04. The van der Waals surface area contributed by atoms with E-state index in [0.29, 0.717) is 5.71 Å². The van der Waals surface area contributed by atoms with Gasteiger partial charge >= 0.3 is 0 Å². The van der Waals surface area contributed by atoms with Gasteiger partial charge in [-0.25, -0.2) is 0 Å². The Morgan fingerprint density at radius 3 is 3.17 bits per heavy atom. The minimum absolute atomic E-state index is 0.0358. The van der Waals surface area contributed by atoms with Crippen molar-refractivity contribution < 1.29 is 4.92 Å². The van der Waals surface area contributed by atoms with Gasteiger partial charge in [0.05, 0.1) is 16.6 Å². The predicted molar refractivity (Wildman–Crippen MR) is 43.6 cm³/mol. The SMILES string of the molecule is O=[N+]([O-])C1=CC2=NN=C[C@H]2C=C1. The zero-order chi connectivity index (χ0) is 8.55. The van der Waals surface area contributed by atoms with Crippen LogP contribution >= 0.6 is 0 Å². The molecular formula is C7H5N3O2. The summed E-state index contributed by atoms with van der Waals surface area (Å²) in [6.07, 6.45) is 6.28. The molecule has 1 heterocycles. The second-order valence-corrected chi connectivity index (χ2v) is 2.50. The number of rotatable bonds is 1. The van der Waals surface area contributed by atoms with Crippen molar-refractivity contribution in [1.29, 1.82) is 0 Å². The third-order valence-electron chi connectivity index (χ3n) is 1.72. The van der Waals surface area contributed by atoms with Gasteiger partial charge in [-0.15, -0.1) is 0 Å². The van der Waals surface area contributed by atoms with Crippen molar-refractivity contribution in [3.05, 3.63) is 34.0 Å². The minimum Gasteiger partial charge on any atom is -0.258 e. The minimum atomic E-state index is -0.437. The molecule has 0 fully saturated rings. The summed E-state index contributed by atoms with van der Waals surface area (Å²) < 4.78 is 0. The highest BCUT2D eigenvalue weighted by Crippen LogP contribution is 2.16. The monoisotopic (exact) mass is 163 g/mol. The van der Waals surface area contributed by atoms with Crippen molar-refractivity contribution >= 4 is 11.9 Å². The van der Waals surface area contributed by atoms with Gasteiger partial charge in [-0.05, 0) is 0 Å². The number of fused-ring (bicyclic) bond motifs is 1. The first-order valence-corrected chi connectivity index (χ1v) is 3.43. The summed E-state index contributed by atoms with van der Waals surface area (Å²) in [7, 11) is 0. The molecule has 0 aromatic rings. The number of hydrogen-bond donors (Lipinski definition) is 0. The molecule has 0 unspecified atom stereocenters. The Balaban J connectivity index is 2.34. The van der Waals surface area contributed by atoms with Gasteiger partial charge < -0.3 is 0 Å². The number of hydrogen-bond acceptors (Lipinski definition) is 4. The molecule has 0 saturated heterocycles. The lowest BCUT2D eigenvalue weighted by Crippen LogP contribution is -2.13. The van der Waals surface area contributed by atoms with Crippen LogP contribution in [0.3, 0.4) is 0 Å². The maximum Gasteiger partial charge on any atom is 0.271 e. The fourth-order valence-corrected chi connectivity index (χ4v) is 1.10. The van der Waals surface area contributed by atoms with Crippen molar-refractivity contribution in [2.75, 3.05) is 0 Å². The molecule has 0 saturated carbocycles. The quantitative estimate of drug-likeness (QED) is 0.423. The van der Waals surface area contributed by atoms with Crippen LogP contribution in [0.1, 0.15) is 0 Å². The molecule has 60 valence electrons. The third-order valence-corrected chi connectivity index (χ3v) is 1.72. The number of allylic oxidation sites excluding steroid dienone is 3. The van der Waals surface area contributed by atoms with Crippen LogP contribution in [0.2, 0.25) is 0 Å². The summed E-state index contributed by atoms with van der Waals surface area (Å²) in [4.78, 5) is 9.90. The number of nitro groups is 1. The summed E-state index contributed by atoms with van der Waals surface area (Å²) in [5, 5.41) is 17.7. The Kier molecular flexibility index (Phi) is 1.36. The van der Waals surface area contributed by atoms with E-state index >= 15 is 0 Å². The molecule has 5 nitrogen and oxygen atoms in total. The molecule has 0 amide bonds. The van der Waals surface area contributed by atoms with Crippen LogP contribution in [0.5, 0.6) is 0 Å². The van der Waals surface area contributed by atoms with Crippen LogP contribution in [0.4, 0.5) is 0 Å². The third kappa shape index (κ3) is 0.952. The molecule has 0 bridgehead atoms. The molecule has 0 spiro atoms. The van der Waals surface area contributed by atoms with Crippen LogP contribution in [0.15, 0.2) is 34.1 Å². The molecule has 1 aliphatic heterocycles. The lowest BCUT2D eigenvalue weighted by molar-refractivity contribution is -0.418. The fourth-order valence-electron chi connectivity index (χ4n) is 1.10. The first-order valence-electron chi connectivity index (χ1n) is 3.43. The second kappa shape index (κ2) is 2.37.